The van der Waals surface area contributed by atoms with Crippen LogP contribution in [0.2, 0.25) is 10.0 Å². The second-order valence-corrected chi connectivity index (χ2v) is 9.40. The molecule has 0 spiro atoms. The highest BCUT2D eigenvalue weighted by Crippen LogP contribution is 2.31. The molecule has 1 aromatic heterocycles. The number of nitrogens with zero attached hydrogens (tertiary/aromatic N) is 3. The van der Waals surface area contributed by atoms with Crippen molar-refractivity contribution in [2.24, 2.45) is 0 Å². The number of amides is 1. The molecule has 5 rings (SSSR count). The summed E-state index contributed by atoms with van der Waals surface area (Å²) in [7, 11) is 1.57. The molecule has 1 aliphatic heterocycles. The summed E-state index contributed by atoms with van der Waals surface area (Å²) >= 11 is 12.3. The van der Waals surface area contributed by atoms with Gasteiger partial charge in [-0.05, 0) is 60.7 Å². The van der Waals surface area contributed by atoms with Crippen LogP contribution < -0.4 is 20.3 Å². The van der Waals surface area contributed by atoms with E-state index in [9.17, 15) is 9.59 Å². The minimum atomic E-state index is -0.496. The Hall–Kier alpha value is -4.05. The Kier molecular flexibility index (Phi) is 8.02. The summed E-state index contributed by atoms with van der Waals surface area (Å²) in [5, 5.41) is 8.08. The second kappa shape index (κ2) is 11.8. The summed E-state index contributed by atoms with van der Waals surface area (Å²) in [6, 6.07) is 18.6. The standard InChI is InChI=1S/C28H24Cl2N4O5/c1-37-21-6-8-22(9-7-21)39-25-17-31-34(20-5-10-23(29)24(30)16-20)28(36)26(25)32-19-4-2-3-18(15-19)27(35)33-11-13-38-14-12-33/h2-10,15-17,32H,11-14H2,1H3. The largest absolute Gasteiger partial charge is 0.497 e. The van der Waals surface area contributed by atoms with E-state index in [2.05, 4.69) is 10.4 Å². The third-order valence-electron chi connectivity index (χ3n) is 6.06. The van der Waals surface area contributed by atoms with Gasteiger partial charge in [-0.1, -0.05) is 29.3 Å². The first-order chi connectivity index (χ1) is 18.9. The van der Waals surface area contributed by atoms with Crippen molar-refractivity contribution in [3.63, 3.8) is 0 Å². The molecule has 39 heavy (non-hydrogen) atoms. The monoisotopic (exact) mass is 566 g/mol. The van der Waals surface area contributed by atoms with Crippen LogP contribution in [0, 0.1) is 0 Å². The number of hydrogen-bond donors (Lipinski definition) is 1. The van der Waals surface area contributed by atoms with Crippen LogP contribution in [0.5, 0.6) is 17.2 Å². The van der Waals surface area contributed by atoms with Gasteiger partial charge in [0.15, 0.2) is 11.4 Å². The van der Waals surface area contributed by atoms with E-state index in [4.69, 9.17) is 37.4 Å². The summed E-state index contributed by atoms with van der Waals surface area (Å²) in [6.07, 6.45) is 1.43. The highest BCUT2D eigenvalue weighted by Gasteiger charge is 2.20. The molecule has 0 unspecified atom stereocenters. The minimum absolute atomic E-state index is 0.111. The smallest absolute Gasteiger partial charge is 0.299 e. The van der Waals surface area contributed by atoms with Gasteiger partial charge < -0.3 is 24.4 Å². The number of carbonyl (C=O) groups is 1. The van der Waals surface area contributed by atoms with Crippen LogP contribution in [0.25, 0.3) is 5.69 Å². The molecule has 3 aromatic carbocycles. The number of benzene rings is 3. The van der Waals surface area contributed by atoms with E-state index in [1.165, 1.54) is 10.9 Å². The Morgan fingerprint density at radius 1 is 0.974 bits per heavy atom. The van der Waals surface area contributed by atoms with Crippen LogP contribution in [0.1, 0.15) is 10.4 Å². The molecule has 0 radical (unpaired) electrons. The molecule has 200 valence electrons. The third-order valence-corrected chi connectivity index (χ3v) is 6.79. The van der Waals surface area contributed by atoms with Gasteiger partial charge >= 0.3 is 0 Å². The molecule has 0 saturated carbocycles. The number of nitrogens with one attached hydrogen (secondary N) is 1. The molecule has 0 aliphatic carbocycles. The lowest BCUT2D eigenvalue weighted by Gasteiger charge is -2.27. The lowest BCUT2D eigenvalue weighted by atomic mass is 10.1. The lowest BCUT2D eigenvalue weighted by Crippen LogP contribution is -2.40. The highest BCUT2D eigenvalue weighted by molar-refractivity contribution is 6.42. The fourth-order valence-corrected chi connectivity index (χ4v) is 4.32. The maximum Gasteiger partial charge on any atom is 0.299 e. The van der Waals surface area contributed by atoms with Gasteiger partial charge in [0, 0.05) is 24.3 Å². The number of anilines is 2. The maximum atomic E-state index is 13.7. The van der Waals surface area contributed by atoms with Crippen LogP contribution in [-0.2, 0) is 4.74 Å². The molecule has 0 bridgehead atoms. The Labute approximate surface area is 234 Å². The molecular weight excluding hydrogens is 543 g/mol. The molecule has 1 saturated heterocycles. The minimum Gasteiger partial charge on any atom is -0.497 e. The number of halogens is 2. The summed E-state index contributed by atoms with van der Waals surface area (Å²) < 4.78 is 17.8. The lowest BCUT2D eigenvalue weighted by molar-refractivity contribution is 0.0303. The van der Waals surface area contributed by atoms with E-state index in [1.54, 1.807) is 78.7 Å². The van der Waals surface area contributed by atoms with Crippen LogP contribution in [0.15, 0.2) is 77.7 Å². The van der Waals surface area contributed by atoms with Gasteiger partial charge in [-0.25, -0.2) is 0 Å². The molecule has 1 aliphatic rings. The number of aromatic nitrogens is 2. The van der Waals surface area contributed by atoms with Gasteiger partial charge in [-0.15, -0.1) is 0 Å². The molecular formula is C28H24Cl2N4O5. The molecule has 0 atom stereocenters. The number of rotatable bonds is 7. The number of morpholine rings is 1. The van der Waals surface area contributed by atoms with E-state index in [1.807, 2.05) is 0 Å². The van der Waals surface area contributed by atoms with Gasteiger partial charge in [-0.3, -0.25) is 9.59 Å². The van der Waals surface area contributed by atoms with Crippen LogP contribution >= 0.6 is 23.2 Å². The second-order valence-electron chi connectivity index (χ2n) is 8.59. The SMILES string of the molecule is COc1ccc(Oc2cnn(-c3ccc(Cl)c(Cl)c3)c(=O)c2Nc2cccc(C(=O)N3CCOCC3)c2)cc1. The molecule has 1 amide bonds. The number of carbonyl (C=O) groups excluding carboxylic acids is 1. The normalized spacial score (nSPS) is 13.2. The van der Waals surface area contributed by atoms with Gasteiger partial charge in [0.05, 0.1) is 42.3 Å². The fraction of sp³-hybridized carbons (Fsp3) is 0.179. The van der Waals surface area contributed by atoms with E-state index in [-0.39, 0.29) is 22.4 Å². The molecule has 1 N–H and O–H groups in total. The van der Waals surface area contributed by atoms with Crippen molar-refractivity contribution in [1.29, 1.82) is 0 Å². The van der Waals surface area contributed by atoms with Crippen molar-refractivity contribution < 1.29 is 19.0 Å². The molecule has 2 heterocycles. The number of ether oxygens (including phenoxy) is 3. The Balaban J connectivity index is 1.52. The predicted molar refractivity (Wildman–Crippen MR) is 149 cm³/mol. The highest BCUT2D eigenvalue weighted by atomic mass is 35.5. The maximum absolute atomic E-state index is 13.7. The van der Waals surface area contributed by atoms with Gasteiger partial charge in [-0.2, -0.15) is 9.78 Å². The Morgan fingerprint density at radius 3 is 2.44 bits per heavy atom. The molecule has 11 heteroatoms. The van der Waals surface area contributed by atoms with E-state index >= 15 is 0 Å². The topological polar surface area (TPSA) is 94.9 Å². The van der Waals surface area contributed by atoms with Crippen molar-refractivity contribution >= 4 is 40.5 Å². The average Bonchev–Trinajstić information content (AvgIpc) is 2.97. The number of hydrogen-bond acceptors (Lipinski definition) is 7. The van der Waals surface area contributed by atoms with E-state index < -0.39 is 5.56 Å². The predicted octanol–water partition coefficient (Wildman–Crippen LogP) is 5.56. The van der Waals surface area contributed by atoms with Crippen LogP contribution in [0.3, 0.4) is 0 Å². The number of methoxy groups -OCH3 is 1. The molecule has 1 fully saturated rings. The zero-order valence-electron chi connectivity index (χ0n) is 20.9. The first kappa shape index (κ1) is 26.6. The van der Waals surface area contributed by atoms with E-state index in [0.29, 0.717) is 59.8 Å². The zero-order chi connectivity index (χ0) is 27.4. The Morgan fingerprint density at radius 2 is 1.72 bits per heavy atom. The summed E-state index contributed by atoms with van der Waals surface area (Å²) in [4.78, 5) is 28.5. The average molecular weight is 567 g/mol. The first-order valence-electron chi connectivity index (χ1n) is 12.1. The van der Waals surface area contributed by atoms with E-state index in [0.717, 1.165) is 0 Å². The van der Waals surface area contributed by atoms with Gasteiger partial charge in [0.2, 0.25) is 0 Å². The zero-order valence-corrected chi connectivity index (χ0v) is 22.4. The molecule has 4 aromatic rings. The van der Waals surface area contributed by atoms with Crippen molar-refractivity contribution in [1.82, 2.24) is 14.7 Å². The summed E-state index contributed by atoms with van der Waals surface area (Å²) in [5.41, 5.74) is 1.05. The molecule has 9 nitrogen and oxygen atoms in total. The Bertz CT molecular complexity index is 1550. The van der Waals surface area contributed by atoms with Gasteiger partial charge in [0.25, 0.3) is 11.5 Å². The summed E-state index contributed by atoms with van der Waals surface area (Å²) in [6.45, 7) is 2.05. The van der Waals surface area contributed by atoms with Crippen LogP contribution in [0.4, 0.5) is 11.4 Å². The quantitative estimate of drug-likeness (QED) is 0.313. The van der Waals surface area contributed by atoms with Crippen molar-refractivity contribution in [3.05, 3.63) is 98.9 Å². The van der Waals surface area contributed by atoms with Crippen molar-refractivity contribution in [2.75, 3.05) is 38.7 Å². The third kappa shape index (κ3) is 6.01. The van der Waals surface area contributed by atoms with Crippen molar-refractivity contribution in [3.8, 4) is 22.9 Å². The van der Waals surface area contributed by atoms with Gasteiger partial charge in [0.1, 0.15) is 11.5 Å². The van der Waals surface area contributed by atoms with Crippen LogP contribution in [-0.4, -0.2) is 54.0 Å². The summed E-state index contributed by atoms with van der Waals surface area (Å²) in [5.74, 6) is 1.21. The first-order valence-corrected chi connectivity index (χ1v) is 12.8. The van der Waals surface area contributed by atoms with Crippen molar-refractivity contribution in [2.45, 2.75) is 0 Å². The fourth-order valence-electron chi connectivity index (χ4n) is 4.03.